The molecule has 0 aliphatic heterocycles. The van der Waals surface area contributed by atoms with Gasteiger partial charge in [-0.3, -0.25) is 0 Å². The number of halogens is 1. The Bertz CT molecular complexity index is 315. The number of benzene rings is 1. The molecule has 0 radical (unpaired) electrons. The van der Waals surface area contributed by atoms with Gasteiger partial charge < -0.3 is 15.6 Å². The summed E-state index contributed by atoms with van der Waals surface area (Å²) in [6.07, 6.45) is -0.721. The Morgan fingerprint density at radius 2 is 2.07 bits per heavy atom. The van der Waals surface area contributed by atoms with Gasteiger partial charge in [-0.05, 0) is 24.6 Å². The van der Waals surface area contributed by atoms with E-state index in [-0.39, 0.29) is 0 Å². The Hall–Kier alpha value is -1.13. The maximum atomic E-state index is 13.0. The summed E-state index contributed by atoms with van der Waals surface area (Å²) in [5.41, 5.74) is 6.18. The van der Waals surface area contributed by atoms with Crippen LogP contribution in [0.4, 0.5) is 4.39 Å². The molecule has 14 heavy (non-hydrogen) atoms. The van der Waals surface area contributed by atoms with Crippen molar-refractivity contribution < 1.29 is 14.2 Å². The first-order chi connectivity index (χ1) is 6.54. The highest BCUT2D eigenvalue weighted by Crippen LogP contribution is 2.21. The third-order valence-corrected chi connectivity index (χ3v) is 2.03. The molecule has 1 aromatic rings. The second-order valence-electron chi connectivity index (χ2n) is 3.19. The fraction of sp³-hybridized carbons (Fsp3) is 0.400. The maximum Gasteiger partial charge on any atom is 0.127 e. The van der Waals surface area contributed by atoms with Gasteiger partial charge >= 0.3 is 0 Å². The number of hydrogen-bond acceptors (Lipinski definition) is 3. The molecule has 0 aliphatic carbocycles. The summed E-state index contributed by atoms with van der Waals surface area (Å²) in [5, 5.41) is 9.24. The van der Waals surface area contributed by atoms with Crippen LogP contribution in [-0.2, 0) is 0 Å². The van der Waals surface area contributed by atoms with Gasteiger partial charge in [-0.15, -0.1) is 0 Å². The highest BCUT2D eigenvalue weighted by molar-refractivity contribution is 5.31. The maximum absolute atomic E-state index is 13.0. The largest absolute Gasteiger partial charge is 0.497 e. The van der Waals surface area contributed by atoms with Crippen molar-refractivity contribution in [3.05, 3.63) is 29.6 Å². The average molecular weight is 199 g/mol. The van der Waals surface area contributed by atoms with Crippen molar-refractivity contribution in [3.8, 4) is 5.75 Å². The van der Waals surface area contributed by atoms with Crippen molar-refractivity contribution >= 4 is 0 Å². The molecule has 2 atom stereocenters. The monoisotopic (exact) mass is 199 g/mol. The van der Waals surface area contributed by atoms with Crippen LogP contribution in [0.25, 0.3) is 0 Å². The summed E-state index contributed by atoms with van der Waals surface area (Å²) in [5.74, 6) is -0.0217. The Balaban J connectivity index is 3.02. The van der Waals surface area contributed by atoms with E-state index < -0.39 is 18.0 Å². The molecule has 3 N–H and O–H groups in total. The zero-order valence-electron chi connectivity index (χ0n) is 8.20. The first-order valence-corrected chi connectivity index (χ1v) is 4.32. The van der Waals surface area contributed by atoms with Gasteiger partial charge in [0.2, 0.25) is 0 Å². The van der Waals surface area contributed by atoms with Crippen LogP contribution in [0.3, 0.4) is 0 Å². The molecule has 0 bridgehead atoms. The number of ether oxygens (including phenoxy) is 1. The third-order valence-electron chi connectivity index (χ3n) is 2.03. The molecular formula is C10H14FNO2. The molecule has 78 valence electrons. The van der Waals surface area contributed by atoms with Crippen LogP contribution >= 0.6 is 0 Å². The van der Waals surface area contributed by atoms with E-state index in [0.29, 0.717) is 11.3 Å². The van der Waals surface area contributed by atoms with Crippen LogP contribution in [0.15, 0.2) is 18.2 Å². The minimum absolute atomic E-state index is 0.399. The van der Waals surface area contributed by atoms with Crippen molar-refractivity contribution in [2.24, 2.45) is 5.73 Å². The number of aliphatic hydroxyl groups is 1. The fourth-order valence-corrected chi connectivity index (χ4v) is 1.17. The summed E-state index contributed by atoms with van der Waals surface area (Å²) in [7, 11) is 1.45. The molecule has 0 spiro atoms. The van der Waals surface area contributed by atoms with Gasteiger partial charge in [-0.1, -0.05) is 0 Å². The van der Waals surface area contributed by atoms with E-state index in [0.717, 1.165) is 0 Å². The smallest absolute Gasteiger partial charge is 0.127 e. The van der Waals surface area contributed by atoms with E-state index in [1.54, 1.807) is 13.0 Å². The van der Waals surface area contributed by atoms with Gasteiger partial charge in [0.05, 0.1) is 19.3 Å². The molecule has 0 aromatic heterocycles. The van der Waals surface area contributed by atoms with E-state index in [1.165, 1.54) is 19.2 Å². The minimum atomic E-state index is -0.721. The lowest BCUT2D eigenvalue weighted by molar-refractivity contribution is 0.164. The highest BCUT2D eigenvalue weighted by atomic mass is 19.1. The minimum Gasteiger partial charge on any atom is -0.497 e. The summed E-state index contributed by atoms with van der Waals surface area (Å²) >= 11 is 0. The molecule has 3 nitrogen and oxygen atoms in total. The van der Waals surface area contributed by atoms with E-state index >= 15 is 0 Å². The Labute approximate surface area is 82.3 Å². The first kappa shape index (κ1) is 10.9. The van der Waals surface area contributed by atoms with Gasteiger partial charge in [-0.2, -0.15) is 0 Å². The van der Waals surface area contributed by atoms with Gasteiger partial charge in [0.15, 0.2) is 0 Å². The Morgan fingerprint density at radius 3 is 2.57 bits per heavy atom. The molecule has 0 amide bonds. The van der Waals surface area contributed by atoms with Crippen molar-refractivity contribution in [1.82, 2.24) is 0 Å². The predicted molar refractivity (Wildman–Crippen MR) is 51.6 cm³/mol. The van der Waals surface area contributed by atoms with Crippen molar-refractivity contribution in [1.29, 1.82) is 0 Å². The lowest BCUT2D eigenvalue weighted by Crippen LogP contribution is -2.23. The molecule has 0 aliphatic rings. The van der Waals surface area contributed by atoms with Crippen LogP contribution in [-0.4, -0.2) is 18.3 Å². The molecule has 1 rings (SSSR count). The summed E-state index contributed by atoms with van der Waals surface area (Å²) in [6.45, 7) is 1.56. The third kappa shape index (κ3) is 2.43. The van der Waals surface area contributed by atoms with E-state index in [4.69, 9.17) is 10.5 Å². The van der Waals surface area contributed by atoms with Crippen molar-refractivity contribution in [3.63, 3.8) is 0 Å². The van der Waals surface area contributed by atoms with E-state index in [9.17, 15) is 9.50 Å². The summed E-state index contributed by atoms with van der Waals surface area (Å²) < 4.78 is 17.9. The normalized spacial score (nSPS) is 14.9. The Kier molecular flexibility index (Phi) is 3.43. The topological polar surface area (TPSA) is 55.5 Å². The highest BCUT2D eigenvalue weighted by Gasteiger charge is 2.13. The number of methoxy groups -OCH3 is 1. The van der Waals surface area contributed by atoms with Crippen LogP contribution in [0, 0.1) is 5.82 Å². The van der Waals surface area contributed by atoms with Gasteiger partial charge in [0, 0.05) is 6.07 Å². The Morgan fingerprint density at radius 1 is 1.43 bits per heavy atom. The molecule has 0 heterocycles. The number of rotatable bonds is 3. The van der Waals surface area contributed by atoms with Crippen LogP contribution < -0.4 is 10.5 Å². The van der Waals surface area contributed by atoms with Crippen molar-refractivity contribution in [2.45, 2.75) is 19.1 Å². The molecule has 0 unspecified atom stereocenters. The van der Waals surface area contributed by atoms with E-state index in [1.807, 2.05) is 0 Å². The molecule has 4 heteroatoms. The van der Waals surface area contributed by atoms with Crippen molar-refractivity contribution in [2.75, 3.05) is 7.11 Å². The second-order valence-corrected chi connectivity index (χ2v) is 3.19. The predicted octanol–water partition coefficient (Wildman–Crippen LogP) is 1.21. The molecular weight excluding hydrogens is 185 g/mol. The molecule has 0 saturated heterocycles. The molecule has 1 aromatic carbocycles. The quantitative estimate of drug-likeness (QED) is 0.769. The summed E-state index contributed by atoms with van der Waals surface area (Å²) in [6, 6.07) is 3.57. The molecule has 0 saturated carbocycles. The first-order valence-electron chi connectivity index (χ1n) is 4.32. The fourth-order valence-electron chi connectivity index (χ4n) is 1.17. The number of aliphatic hydroxyl groups excluding tert-OH is 1. The summed E-state index contributed by atoms with van der Waals surface area (Å²) in [4.78, 5) is 0. The van der Waals surface area contributed by atoms with Crippen LogP contribution in [0.5, 0.6) is 5.75 Å². The lowest BCUT2D eigenvalue weighted by atomic mass is 10.0. The SMILES string of the molecule is COc1cc(F)cc([C@H](N)[C@@H](C)O)c1. The zero-order valence-corrected chi connectivity index (χ0v) is 8.20. The number of hydrogen-bond donors (Lipinski definition) is 2. The zero-order chi connectivity index (χ0) is 10.7. The lowest BCUT2D eigenvalue weighted by Gasteiger charge is -2.15. The van der Waals surface area contributed by atoms with Gasteiger partial charge in [0.25, 0.3) is 0 Å². The number of nitrogens with two attached hydrogens (primary N) is 1. The van der Waals surface area contributed by atoms with Crippen LogP contribution in [0.2, 0.25) is 0 Å². The van der Waals surface area contributed by atoms with Gasteiger partial charge in [0.1, 0.15) is 11.6 Å². The molecule has 0 fully saturated rings. The second kappa shape index (κ2) is 4.39. The van der Waals surface area contributed by atoms with E-state index in [2.05, 4.69) is 0 Å². The van der Waals surface area contributed by atoms with Crippen LogP contribution in [0.1, 0.15) is 18.5 Å². The standard InChI is InChI=1S/C10H14FNO2/c1-6(13)10(12)7-3-8(11)5-9(4-7)14-2/h3-6,10,13H,12H2,1-2H3/t6-,10-/m1/s1. The van der Waals surface area contributed by atoms with Gasteiger partial charge in [-0.25, -0.2) is 4.39 Å². The average Bonchev–Trinajstić information content (AvgIpc) is 2.15.